The zero-order chi connectivity index (χ0) is 18.7. The average molecular weight is 373 g/mol. The molecule has 3 N–H and O–H groups in total. The quantitative estimate of drug-likeness (QED) is 0.836. The van der Waals surface area contributed by atoms with Gasteiger partial charge in [0, 0.05) is 18.3 Å². The first-order chi connectivity index (χ1) is 12.3. The summed E-state index contributed by atoms with van der Waals surface area (Å²) in [5, 5.41) is 7.98. The fourth-order valence-electron chi connectivity index (χ4n) is 3.21. The second-order valence-corrected chi connectivity index (χ2v) is 8.17. The van der Waals surface area contributed by atoms with E-state index >= 15 is 0 Å². The first-order valence-corrected chi connectivity index (χ1v) is 10.1. The van der Waals surface area contributed by atoms with E-state index in [0.29, 0.717) is 19.1 Å². The minimum atomic E-state index is -3.70. The van der Waals surface area contributed by atoms with Gasteiger partial charge in [0.1, 0.15) is 0 Å². The predicted octanol–water partition coefficient (Wildman–Crippen LogP) is 1.79. The summed E-state index contributed by atoms with van der Waals surface area (Å²) in [6.07, 6.45) is 2.06. The number of hydrogen-bond acceptors (Lipinski definition) is 4. The number of benzene rings is 2. The Kier molecular flexibility index (Phi) is 5.29. The van der Waals surface area contributed by atoms with Crippen LogP contribution >= 0.6 is 0 Å². The van der Waals surface area contributed by atoms with Crippen molar-refractivity contribution in [2.75, 3.05) is 11.4 Å². The van der Waals surface area contributed by atoms with Gasteiger partial charge in [0.2, 0.25) is 15.9 Å². The van der Waals surface area contributed by atoms with Gasteiger partial charge in [-0.25, -0.2) is 13.6 Å². The van der Waals surface area contributed by atoms with Gasteiger partial charge >= 0.3 is 0 Å². The summed E-state index contributed by atoms with van der Waals surface area (Å²) in [4.78, 5) is 14.6. The number of nitrogens with one attached hydrogen (secondary N) is 1. The van der Waals surface area contributed by atoms with E-state index in [1.807, 2.05) is 12.1 Å². The molecule has 0 bridgehead atoms. The fourth-order valence-corrected chi connectivity index (χ4v) is 3.72. The maximum Gasteiger partial charge on any atom is 0.239 e. The smallest absolute Gasteiger partial charge is 0.239 e. The van der Waals surface area contributed by atoms with Crippen LogP contribution in [-0.2, 0) is 27.8 Å². The van der Waals surface area contributed by atoms with E-state index in [2.05, 4.69) is 29.3 Å². The molecule has 1 heterocycles. The third kappa shape index (κ3) is 4.23. The number of aryl methyl sites for hydroxylation is 1. The zero-order valence-corrected chi connectivity index (χ0v) is 15.5. The van der Waals surface area contributed by atoms with E-state index in [4.69, 9.17) is 5.14 Å². The molecule has 3 rings (SSSR count). The number of nitrogens with two attached hydrogens (primary N) is 1. The molecular weight excluding hydrogens is 350 g/mol. The Morgan fingerprint density at radius 2 is 1.88 bits per heavy atom. The first-order valence-electron chi connectivity index (χ1n) is 8.57. The summed E-state index contributed by atoms with van der Waals surface area (Å²) in [5.41, 5.74) is 3.22. The van der Waals surface area contributed by atoms with Crippen molar-refractivity contribution in [2.24, 2.45) is 5.14 Å². The molecule has 0 fully saturated rings. The SMILES string of the molecule is C[C@@H]1CCc2ccccc2N1CC(=O)NCc1ccc(S(N)(=O)=O)cc1. The maximum absolute atomic E-state index is 12.4. The molecule has 0 spiro atoms. The van der Waals surface area contributed by atoms with Gasteiger partial charge in [-0.05, 0) is 49.1 Å². The van der Waals surface area contributed by atoms with Crippen molar-refractivity contribution >= 4 is 21.6 Å². The lowest BCUT2D eigenvalue weighted by molar-refractivity contribution is -0.120. The van der Waals surface area contributed by atoms with Crippen molar-refractivity contribution in [1.82, 2.24) is 5.32 Å². The van der Waals surface area contributed by atoms with Crippen molar-refractivity contribution in [3.63, 3.8) is 0 Å². The Balaban J connectivity index is 1.61. The highest BCUT2D eigenvalue weighted by atomic mass is 32.2. The lowest BCUT2D eigenvalue weighted by Crippen LogP contribution is -2.44. The number of para-hydroxylation sites is 1. The number of anilines is 1. The van der Waals surface area contributed by atoms with Crippen molar-refractivity contribution in [2.45, 2.75) is 37.2 Å². The van der Waals surface area contributed by atoms with Crippen LogP contribution < -0.4 is 15.4 Å². The van der Waals surface area contributed by atoms with Crippen molar-refractivity contribution < 1.29 is 13.2 Å². The van der Waals surface area contributed by atoms with Crippen LogP contribution in [0.25, 0.3) is 0 Å². The standard InChI is InChI=1S/C19H23N3O3S/c1-14-6-9-16-4-2-3-5-18(16)22(14)13-19(23)21-12-15-7-10-17(11-8-15)26(20,24)25/h2-5,7-8,10-11,14H,6,9,12-13H2,1H3,(H,21,23)(H2,20,24,25)/t14-/m1/s1. The van der Waals surface area contributed by atoms with Gasteiger partial charge in [-0.1, -0.05) is 30.3 Å². The molecule has 0 unspecified atom stereocenters. The number of carbonyl (C=O) groups is 1. The van der Waals surface area contributed by atoms with Gasteiger partial charge in [0.25, 0.3) is 0 Å². The predicted molar refractivity (Wildman–Crippen MR) is 101 cm³/mol. The summed E-state index contributed by atoms with van der Waals surface area (Å²) in [7, 11) is -3.70. The van der Waals surface area contributed by atoms with E-state index < -0.39 is 10.0 Å². The molecule has 0 aliphatic carbocycles. The van der Waals surface area contributed by atoms with Crippen LogP contribution in [0.4, 0.5) is 5.69 Å². The van der Waals surface area contributed by atoms with Crippen LogP contribution in [0.5, 0.6) is 0 Å². The van der Waals surface area contributed by atoms with Gasteiger partial charge in [0.15, 0.2) is 0 Å². The molecule has 138 valence electrons. The third-order valence-electron chi connectivity index (χ3n) is 4.72. The molecular formula is C19H23N3O3S. The molecule has 2 aromatic rings. The minimum absolute atomic E-state index is 0.0614. The zero-order valence-electron chi connectivity index (χ0n) is 14.7. The number of primary sulfonamides is 1. The van der Waals surface area contributed by atoms with Gasteiger partial charge in [-0.2, -0.15) is 0 Å². The Morgan fingerprint density at radius 1 is 1.19 bits per heavy atom. The molecule has 0 aromatic heterocycles. The Morgan fingerprint density at radius 3 is 2.58 bits per heavy atom. The monoisotopic (exact) mass is 373 g/mol. The fraction of sp³-hybridized carbons (Fsp3) is 0.316. The highest BCUT2D eigenvalue weighted by Crippen LogP contribution is 2.29. The van der Waals surface area contributed by atoms with E-state index in [0.717, 1.165) is 24.1 Å². The van der Waals surface area contributed by atoms with Crippen molar-refractivity contribution in [1.29, 1.82) is 0 Å². The Bertz CT molecular complexity index is 895. The number of carbonyl (C=O) groups excluding carboxylic acids is 1. The van der Waals surface area contributed by atoms with Crippen LogP contribution in [0.3, 0.4) is 0 Å². The molecule has 1 aliphatic heterocycles. The minimum Gasteiger partial charge on any atom is -0.359 e. The lowest BCUT2D eigenvalue weighted by Gasteiger charge is -2.36. The second kappa shape index (κ2) is 7.47. The van der Waals surface area contributed by atoms with Gasteiger partial charge in [-0.3, -0.25) is 4.79 Å². The van der Waals surface area contributed by atoms with Crippen molar-refractivity contribution in [3.8, 4) is 0 Å². The maximum atomic E-state index is 12.4. The molecule has 6 nitrogen and oxygen atoms in total. The van der Waals surface area contributed by atoms with Gasteiger partial charge in [0.05, 0.1) is 11.4 Å². The highest BCUT2D eigenvalue weighted by Gasteiger charge is 2.24. The summed E-state index contributed by atoms with van der Waals surface area (Å²) in [6.45, 7) is 2.77. The number of rotatable bonds is 5. The van der Waals surface area contributed by atoms with E-state index in [1.54, 1.807) is 12.1 Å². The van der Waals surface area contributed by atoms with Crippen LogP contribution in [-0.4, -0.2) is 26.9 Å². The summed E-state index contributed by atoms with van der Waals surface area (Å²) < 4.78 is 22.5. The largest absolute Gasteiger partial charge is 0.359 e. The summed E-state index contributed by atoms with van der Waals surface area (Å²) in [5.74, 6) is -0.0657. The molecule has 0 radical (unpaired) electrons. The molecule has 0 saturated heterocycles. The molecule has 1 aliphatic rings. The Hall–Kier alpha value is -2.38. The second-order valence-electron chi connectivity index (χ2n) is 6.61. The van der Waals surface area contributed by atoms with Gasteiger partial charge in [-0.15, -0.1) is 0 Å². The molecule has 1 amide bonds. The first kappa shape index (κ1) is 18.4. The lowest BCUT2D eigenvalue weighted by atomic mass is 9.96. The molecule has 7 heteroatoms. The normalized spacial score (nSPS) is 16.8. The number of fused-ring (bicyclic) bond motifs is 1. The summed E-state index contributed by atoms with van der Waals surface area (Å²) in [6, 6.07) is 14.7. The molecule has 1 atom stereocenters. The van der Waals surface area contributed by atoms with Gasteiger partial charge < -0.3 is 10.2 Å². The van der Waals surface area contributed by atoms with E-state index in [1.165, 1.54) is 17.7 Å². The average Bonchev–Trinajstić information content (AvgIpc) is 2.62. The van der Waals surface area contributed by atoms with Crippen molar-refractivity contribution in [3.05, 3.63) is 59.7 Å². The van der Waals surface area contributed by atoms with E-state index in [9.17, 15) is 13.2 Å². The topological polar surface area (TPSA) is 92.5 Å². The van der Waals surface area contributed by atoms with Crippen LogP contribution in [0.2, 0.25) is 0 Å². The number of nitrogens with zero attached hydrogens (tertiary/aromatic N) is 1. The van der Waals surface area contributed by atoms with Crippen LogP contribution in [0.1, 0.15) is 24.5 Å². The molecule has 0 saturated carbocycles. The summed E-state index contributed by atoms with van der Waals surface area (Å²) >= 11 is 0. The number of hydrogen-bond donors (Lipinski definition) is 2. The third-order valence-corrected chi connectivity index (χ3v) is 5.65. The Labute approximate surface area is 154 Å². The number of amides is 1. The van der Waals surface area contributed by atoms with Crippen LogP contribution in [0, 0.1) is 0 Å². The molecule has 2 aromatic carbocycles. The highest BCUT2D eigenvalue weighted by molar-refractivity contribution is 7.89. The van der Waals surface area contributed by atoms with E-state index in [-0.39, 0.29) is 10.8 Å². The number of sulfonamides is 1. The molecule has 26 heavy (non-hydrogen) atoms. The van der Waals surface area contributed by atoms with Crippen LogP contribution in [0.15, 0.2) is 53.4 Å².